The van der Waals surface area contributed by atoms with Gasteiger partial charge < -0.3 is 10.4 Å². The van der Waals surface area contributed by atoms with Gasteiger partial charge in [0.25, 0.3) is 0 Å². The minimum Gasteiger partial charge on any atom is -0.395 e. The van der Waals surface area contributed by atoms with Crippen LogP contribution < -0.4 is 5.32 Å². The minimum atomic E-state index is 0.257. The maximum atomic E-state index is 8.94. The highest BCUT2D eigenvalue weighted by atomic mass is 16.3. The van der Waals surface area contributed by atoms with Crippen molar-refractivity contribution < 1.29 is 5.11 Å². The maximum Gasteiger partial charge on any atom is 0.0584 e. The molecular weight excluding hydrogens is 150 g/mol. The number of aliphatic hydroxyl groups excluding tert-OH is 1. The first-order chi connectivity index (χ1) is 5.74. The number of hydrogen-bond donors (Lipinski definition) is 2. The Morgan fingerprint density at radius 1 is 1.33 bits per heavy atom. The Balaban J connectivity index is 3.44. The lowest BCUT2D eigenvalue weighted by atomic mass is 10.1. The van der Waals surface area contributed by atoms with Crippen LogP contribution in [0, 0.1) is 0 Å². The monoisotopic (exact) mass is 173 g/mol. The van der Waals surface area contributed by atoms with Gasteiger partial charge in [0, 0.05) is 12.1 Å². The topological polar surface area (TPSA) is 32.3 Å². The number of hydrogen-bond acceptors (Lipinski definition) is 2. The average Bonchev–Trinajstić information content (AvgIpc) is 2.10. The average molecular weight is 173 g/mol. The molecule has 2 heteroatoms. The van der Waals surface area contributed by atoms with E-state index in [9.17, 15) is 0 Å². The SMILES string of the molecule is CCCCC(C)NC(CC)CO. The van der Waals surface area contributed by atoms with E-state index in [1.165, 1.54) is 19.3 Å². The highest BCUT2D eigenvalue weighted by Gasteiger charge is 2.07. The van der Waals surface area contributed by atoms with Gasteiger partial charge in [-0.05, 0) is 19.8 Å². The molecule has 2 atom stereocenters. The van der Waals surface area contributed by atoms with Crippen molar-refractivity contribution in [3.8, 4) is 0 Å². The van der Waals surface area contributed by atoms with Crippen LogP contribution in [0.25, 0.3) is 0 Å². The van der Waals surface area contributed by atoms with Crippen molar-refractivity contribution in [1.29, 1.82) is 0 Å². The van der Waals surface area contributed by atoms with Crippen LogP contribution in [-0.4, -0.2) is 23.8 Å². The second kappa shape index (κ2) is 7.56. The zero-order chi connectivity index (χ0) is 9.40. The van der Waals surface area contributed by atoms with Gasteiger partial charge >= 0.3 is 0 Å². The zero-order valence-corrected chi connectivity index (χ0v) is 8.64. The number of rotatable bonds is 7. The molecule has 0 aromatic rings. The first kappa shape index (κ1) is 11.9. The zero-order valence-electron chi connectivity index (χ0n) is 8.64. The van der Waals surface area contributed by atoms with Gasteiger partial charge in [0.15, 0.2) is 0 Å². The molecule has 0 bridgehead atoms. The summed E-state index contributed by atoms with van der Waals surface area (Å²) < 4.78 is 0. The van der Waals surface area contributed by atoms with E-state index in [1.54, 1.807) is 0 Å². The van der Waals surface area contributed by atoms with Gasteiger partial charge in [0.05, 0.1) is 6.61 Å². The van der Waals surface area contributed by atoms with Crippen LogP contribution >= 0.6 is 0 Å². The smallest absolute Gasteiger partial charge is 0.0584 e. The maximum absolute atomic E-state index is 8.94. The molecule has 0 aliphatic carbocycles. The highest BCUT2D eigenvalue weighted by molar-refractivity contribution is 4.68. The molecule has 2 N–H and O–H groups in total. The lowest BCUT2D eigenvalue weighted by molar-refractivity contribution is 0.227. The van der Waals surface area contributed by atoms with Crippen LogP contribution in [0.15, 0.2) is 0 Å². The second-order valence-electron chi connectivity index (χ2n) is 3.50. The summed E-state index contributed by atoms with van der Waals surface area (Å²) in [6.07, 6.45) is 4.75. The molecule has 12 heavy (non-hydrogen) atoms. The molecule has 0 radical (unpaired) electrons. The van der Waals surface area contributed by atoms with Crippen LogP contribution in [-0.2, 0) is 0 Å². The summed E-state index contributed by atoms with van der Waals surface area (Å²) in [5.74, 6) is 0. The van der Waals surface area contributed by atoms with E-state index >= 15 is 0 Å². The molecule has 0 aromatic heterocycles. The lowest BCUT2D eigenvalue weighted by Crippen LogP contribution is -2.38. The summed E-state index contributed by atoms with van der Waals surface area (Å²) >= 11 is 0. The van der Waals surface area contributed by atoms with Crippen molar-refractivity contribution in [3.63, 3.8) is 0 Å². The van der Waals surface area contributed by atoms with Crippen molar-refractivity contribution >= 4 is 0 Å². The fraction of sp³-hybridized carbons (Fsp3) is 1.00. The van der Waals surface area contributed by atoms with Crippen LogP contribution in [0.3, 0.4) is 0 Å². The number of nitrogens with one attached hydrogen (secondary N) is 1. The summed E-state index contributed by atoms with van der Waals surface area (Å²) in [7, 11) is 0. The Bertz CT molecular complexity index is 91.8. The Labute approximate surface area is 76.4 Å². The highest BCUT2D eigenvalue weighted by Crippen LogP contribution is 2.01. The molecule has 2 unspecified atom stereocenters. The summed E-state index contributed by atoms with van der Waals surface area (Å²) in [5.41, 5.74) is 0. The molecule has 0 aliphatic rings. The van der Waals surface area contributed by atoms with Gasteiger partial charge in [-0.2, -0.15) is 0 Å². The van der Waals surface area contributed by atoms with Crippen molar-refractivity contribution in [2.24, 2.45) is 0 Å². The number of aliphatic hydroxyl groups is 1. The summed E-state index contributed by atoms with van der Waals surface area (Å²) in [5, 5.41) is 12.3. The molecule has 0 amide bonds. The third-order valence-electron chi connectivity index (χ3n) is 2.22. The molecule has 2 nitrogen and oxygen atoms in total. The second-order valence-corrected chi connectivity index (χ2v) is 3.50. The Morgan fingerprint density at radius 3 is 2.42 bits per heavy atom. The van der Waals surface area contributed by atoms with Crippen molar-refractivity contribution in [2.75, 3.05) is 6.61 Å². The van der Waals surface area contributed by atoms with Crippen LogP contribution in [0.5, 0.6) is 0 Å². The van der Waals surface area contributed by atoms with Crippen molar-refractivity contribution in [3.05, 3.63) is 0 Å². The normalized spacial score (nSPS) is 16.0. The van der Waals surface area contributed by atoms with E-state index in [0.717, 1.165) is 6.42 Å². The quantitative estimate of drug-likeness (QED) is 0.616. The van der Waals surface area contributed by atoms with Gasteiger partial charge in [-0.3, -0.25) is 0 Å². The minimum absolute atomic E-state index is 0.257. The molecule has 0 fully saturated rings. The van der Waals surface area contributed by atoms with Gasteiger partial charge in [-0.25, -0.2) is 0 Å². The third kappa shape index (κ3) is 5.56. The van der Waals surface area contributed by atoms with Gasteiger partial charge in [0.1, 0.15) is 0 Å². The summed E-state index contributed by atoms with van der Waals surface area (Å²) in [4.78, 5) is 0. The van der Waals surface area contributed by atoms with Crippen LogP contribution in [0.4, 0.5) is 0 Å². The summed E-state index contributed by atoms with van der Waals surface area (Å²) in [6, 6.07) is 0.832. The van der Waals surface area contributed by atoms with E-state index in [1.807, 2.05) is 0 Å². The van der Waals surface area contributed by atoms with E-state index < -0.39 is 0 Å². The van der Waals surface area contributed by atoms with E-state index in [4.69, 9.17) is 5.11 Å². The fourth-order valence-corrected chi connectivity index (χ4v) is 1.30. The largest absolute Gasteiger partial charge is 0.395 e. The Morgan fingerprint density at radius 2 is 2.00 bits per heavy atom. The van der Waals surface area contributed by atoms with Crippen molar-refractivity contribution in [1.82, 2.24) is 5.32 Å². The van der Waals surface area contributed by atoms with E-state index in [0.29, 0.717) is 6.04 Å². The van der Waals surface area contributed by atoms with Crippen LogP contribution in [0.2, 0.25) is 0 Å². The first-order valence-corrected chi connectivity index (χ1v) is 5.11. The lowest BCUT2D eigenvalue weighted by Gasteiger charge is -2.20. The Hall–Kier alpha value is -0.0800. The molecule has 0 spiro atoms. The molecule has 0 saturated heterocycles. The van der Waals surface area contributed by atoms with E-state index in [-0.39, 0.29) is 12.6 Å². The Kier molecular flexibility index (Phi) is 7.51. The molecular formula is C10H23NO. The van der Waals surface area contributed by atoms with Gasteiger partial charge in [-0.1, -0.05) is 26.7 Å². The first-order valence-electron chi connectivity index (χ1n) is 5.11. The molecule has 0 saturated carbocycles. The van der Waals surface area contributed by atoms with Crippen molar-refractivity contribution in [2.45, 2.75) is 58.5 Å². The van der Waals surface area contributed by atoms with E-state index in [2.05, 4.69) is 26.1 Å². The van der Waals surface area contributed by atoms with Gasteiger partial charge in [0.2, 0.25) is 0 Å². The number of unbranched alkanes of at least 4 members (excludes halogenated alkanes) is 1. The molecule has 0 aliphatic heterocycles. The summed E-state index contributed by atoms with van der Waals surface area (Å²) in [6.45, 7) is 6.75. The fourth-order valence-electron chi connectivity index (χ4n) is 1.30. The predicted molar refractivity (Wildman–Crippen MR) is 53.3 cm³/mol. The molecule has 74 valence electrons. The van der Waals surface area contributed by atoms with Crippen LogP contribution in [0.1, 0.15) is 46.5 Å². The predicted octanol–water partition coefficient (Wildman–Crippen LogP) is 1.93. The molecule has 0 rings (SSSR count). The molecule has 0 heterocycles. The molecule has 0 aromatic carbocycles. The third-order valence-corrected chi connectivity index (χ3v) is 2.22. The van der Waals surface area contributed by atoms with Gasteiger partial charge in [-0.15, -0.1) is 0 Å². The standard InChI is InChI=1S/C10H23NO/c1-4-6-7-9(3)11-10(5-2)8-12/h9-12H,4-8H2,1-3H3.